The van der Waals surface area contributed by atoms with Crippen LogP contribution in [0.4, 0.5) is 5.69 Å². The second-order valence-electron chi connectivity index (χ2n) is 10.4. The lowest BCUT2D eigenvalue weighted by Gasteiger charge is -2.49. The van der Waals surface area contributed by atoms with Crippen molar-refractivity contribution in [2.24, 2.45) is 24.8 Å². The van der Waals surface area contributed by atoms with Crippen LogP contribution >= 0.6 is 0 Å². The summed E-state index contributed by atoms with van der Waals surface area (Å²) in [4.78, 5) is 0. The Morgan fingerprint density at radius 1 is 1.09 bits per heavy atom. The van der Waals surface area contributed by atoms with Crippen LogP contribution in [0.3, 0.4) is 0 Å². The summed E-state index contributed by atoms with van der Waals surface area (Å²) in [6.45, 7) is 0. The van der Waals surface area contributed by atoms with Gasteiger partial charge in [0, 0.05) is 31.9 Å². The second kappa shape index (κ2) is 6.82. The maximum absolute atomic E-state index is 14.0. The zero-order valence-electron chi connectivity index (χ0n) is 19.5. The van der Waals surface area contributed by atoms with Crippen LogP contribution in [-0.2, 0) is 17.3 Å². The molecule has 2 fully saturated rings. The molecule has 2 unspecified atom stereocenters. The highest BCUT2D eigenvalue weighted by Gasteiger charge is 2.58. The molecule has 34 heavy (non-hydrogen) atoms. The fourth-order valence-corrected chi connectivity index (χ4v) is 8.57. The molecule has 176 valence electrons. The normalized spacial score (nSPS) is 28.2. The first-order valence-electron chi connectivity index (χ1n) is 12.0. The van der Waals surface area contributed by atoms with Crippen LogP contribution in [0.1, 0.15) is 42.3 Å². The smallest absolute Gasteiger partial charge is 0.278 e. The Morgan fingerprint density at radius 2 is 1.91 bits per heavy atom. The molecule has 2 bridgehead atoms. The largest absolute Gasteiger partial charge is 0.304 e. The van der Waals surface area contributed by atoms with Crippen molar-refractivity contribution in [3.05, 3.63) is 53.9 Å². The van der Waals surface area contributed by atoms with Crippen molar-refractivity contribution in [2.45, 2.75) is 31.2 Å². The van der Waals surface area contributed by atoms with Gasteiger partial charge in [-0.25, -0.2) is 4.31 Å². The van der Waals surface area contributed by atoms with Gasteiger partial charge < -0.3 is 0 Å². The van der Waals surface area contributed by atoms with Crippen molar-refractivity contribution in [3.8, 4) is 0 Å². The Kier molecular flexibility index (Phi) is 4.11. The van der Waals surface area contributed by atoms with Gasteiger partial charge in [0.1, 0.15) is 0 Å². The van der Waals surface area contributed by atoms with Gasteiger partial charge >= 0.3 is 10.2 Å². The number of fused-ring (bicyclic) bond motifs is 10. The summed E-state index contributed by atoms with van der Waals surface area (Å²) < 4.78 is 32.9. The first-order valence-corrected chi connectivity index (χ1v) is 13.4. The topological polar surface area (TPSA) is 87.1 Å². The van der Waals surface area contributed by atoms with Crippen molar-refractivity contribution in [2.75, 3.05) is 18.4 Å². The maximum Gasteiger partial charge on any atom is 0.304 e. The van der Waals surface area contributed by atoms with Crippen molar-refractivity contribution < 1.29 is 8.42 Å². The molecular weight excluding hydrogens is 448 g/mol. The minimum atomic E-state index is -3.75. The highest BCUT2D eigenvalue weighted by atomic mass is 32.2. The van der Waals surface area contributed by atoms with Gasteiger partial charge in [0.05, 0.1) is 35.2 Å². The zero-order valence-corrected chi connectivity index (χ0v) is 20.3. The highest BCUT2D eigenvalue weighted by molar-refractivity contribution is 7.90. The van der Waals surface area contributed by atoms with E-state index in [2.05, 4.69) is 33.5 Å². The molecule has 7 rings (SSSR count). The summed E-state index contributed by atoms with van der Waals surface area (Å²) in [6, 6.07) is 10.0. The number of aryl methyl sites for hydroxylation is 1. The predicted octanol–water partition coefficient (Wildman–Crippen LogP) is 3.95. The summed E-state index contributed by atoms with van der Waals surface area (Å²) in [5.41, 5.74) is 5.02. The number of nitrogens with one attached hydrogen (secondary N) is 1. The minimum absolute atomic E-state index is 0.232. The van der Waals surface area contributed by atoms with Gasteiger partial charge in [-0.15, -0.1) is 0 Å². The van der Waals surface area contributed by atoms with Gasteiger partial charge in [-0.1, -0.05) is 6.07 Å². The number of hydrogen-bond donors (Lipinski definition) is 1. The Hall–Kier alpha value is -2.91. The predicted molar refractivity (Wildman–Crippen MR) is 132 cm³/mol. The molecule has 2 aromatic carbocycles. The Labute approximate surface area is 198 Å². The quantitative estimate of drug-likeness (QED) is 0.485. The lowest BCUT2D eigenvalue weighted by Crippen LogP contribution is -2.50. The number of nitrogens with zero attached hydrogens (tertiary/aromatic N) is 5. The summed E-state index contributed by atoms with van der Waals surface area (Å²) in [7, 11) is 1.43. The molecule has 3 heterocycles. The van der Waals surface area contributed by atoms with Gasteiger partial charge in [0.2, 0.25) is 0 Å². The first-order chi connectivity index (χ1) is 16.4. The van der Waals surface area contributed by atoms with E-state index in [9.17, 15) is 8.42 Å². The standard InChI is InChI=1S/C25H28N6O2S/c1-29(2)34(32,33)31-21-9-7-19-18(13-26-28-19)24(21)22-14-4-5-15(10-14)23(22)25(31)16-6-8-20-17(11-16)12-27-30(20)3/h6-9,11-15,22-23,25H,4-5,10H2,1-3H3,(H,26,28)/t14?,15?,22-,23+,25-/m0/s1. The Balaban J connectivity index is 1.54. The summed E-state index contributed by atoms with van der Waals surface area (Å²) in [5, 5.41) is 13.9. The molecule has 2 aliphatic carbocycles. The van der Waals surface area contributed by atoms with Crippen molar-refractivity contribution in [1.29, 1.82) is 0 Å². The van der Waals surface area contributed by atoms with Crippen LogP contribution in [0, 0.1) is 17.8 Å². The molecule has 0 saturated heterocycles. The van der Waals surface area contributed by atoms with E-state index in [1.54, 1.807) is 18.4 Å². The van der Waals surface area contributed by atoms with E-state index in [1.165, 1.54) is 23.6 Å². The van der Waals surface area contributed by atoms with Crippen LogP contribution in [0.5, 0.6) is 0 Å². The minimum Gasteiger partial charge on any atom is -0.278 e. The second-order valence-corrected chi connectivity index (χ2v) is 12.4. The average Bonchev–Trinajstić information content (AvgIpc) is 3.61. The molecule has 0 spiro atoms. The van der Waals surface area contributed by atoms with Crippen LogP contribution in [0.2, 0.25) is 0 Å². The molecule has 9 heteroatoms. The van der Waals surface area contributed by atoms with E-state index >= 15 is 0 Å². The van der Waals surface area contributed by atoms with E-state index in [4.69, 9.17) is 0 Å². The number of hydrogen-bond acceptors (Lipinski definition) is 4. The first kappa shape index (κ1) is 20.5. The van der Waals surface area contributed by atoms with Crippen LogP contribution < -0.4 is 4.31 Å². The molecule has 2 saturated carbocycles. The maximum atomic E-state index is 14.0. The van der Waals surface area contributed by atoms with E-state index in [0.717, 1.165) is 38.6 Å². The highest BCUT2D eigenvalue weighted by Crippen LogP contribution is 2.66. The SMILES string of the molecule is CN(C)S(=O)(=O)N1c2ccc3[nH]ncc3c2[C@H]2C3CCC(C3)[C@H]2[C@@H]1c1ccc2c(cnn2C)c1. The Morgan fingerprint density at radius 3 is 2.74 bits per heavy atom. The molecule has 1 N–H and O–H groups in total. The summed E-state index contributed by atoms with van der Waals surface area (Å²) >= 11 is 0. The van der Waals surface area contributed by atoms with Crippen molar-refractivity contribution in [3.63, 3.8) is 0 Å². The van der Waals surface area contributed by atoms with Gasteiger partial charge in [-0.05, 0) is 78.3 Å². The third-order valence-corrected chi connectivity index (χ3v) is 10.5. The van der Waals surface area contributed by atoms with Crippen molar-refractivity contribution in [1.82, 2.24) is 24.3 Å². The lowest BCUT2D eigenvalue weighted by atomic mass is 9.67. The number of rotatable bonds is 3. The number of aromatic nitrogens is 4. The summed E-state index contributed by atoms with van der Waals surface area (Å²) in [6.07, 6.45) is 7.30. The molecular formula is C25H28N6O2S. The van der Waals surface area contributed by atoms with Crippen LogP contribution in [-0.4, -0.2) is 46.8 Å². The number of benzene rings is 2. The zero-order chi connectivity index (χ0) is 23.4. The number of aromatic amines is 1. The molecule has 5 atom stereocenters. The van der Waals surface area contributed by atoms with Gasteiger partial charge in [0.15, 0.2) is 0 Å². The van der Waals surface area contributed by atoms with E-state index in [0.29, 0.717) is 17.8 Å². The monoisotopic (exact) mass is 476 g/mol. The molecule has 0 radical (unpaired) electrons. The van der Waals surface area contributed by atoms with Crippen LogP contribution in [0.25, 0.3) is 21.8 Å². The van der Waals surface area contributed by atoms with Gasteiger partial charge in [0.25, 0.3) is 0 Å². The van der Waals surface area contributed by atoms with Crippen LogP contribution in [0.15, 0.2) is 42.7 Å². The third kappa shape index (κ3) is 2.54. The number of anilines is 1. The Bertz CT molecular complexity index is 1550. The fourth-order valence-electron chi connectivity index (χ4n) is 7.26. The molecule has 4 aromatic rings. The molecule has 0 amide bonds. The van der Waals surface area contributed by atoms with Crippen molar-refractivity contribution >= 4 is 37.7 Å². The van der Waals surface area contributed by atoms with E-state index < -0.39 is 10.2 Å². The fraction of sp³-hybridized carbons (Fsp3) is 0.440. The number of H-pyrrole nitrogens is 1. The molecule has 8 nitrogen and oxygen atoms in total. The lowest BCUT2D eigenvalue weighted by molar-refractivity contribution is 0.236. The molecule has 2 aromatic heterocycles. The summed E-state index contributed by atoms with van der Waals surface area (Å²) in [5.74, 6) is 1.66. The average molecular weight is 477 g/mol. The van der Waals surface area contributed by atoms with E-state index in [1.807, 2.05) is 36.3 Å². The third-order valence-electron chi connectivity index (χ3n) is 8.63. The van der Waals surface area contributed by atoms with Gasteiger partial charge in [-0.3, -0.25) is 9.78 Å². The molecule has 1 aliphatic heterocycles. The molecule has 3 aliphatic rings. The van der Waals surface area contributed by atoms with Gasteiger partial charge in [-0.2, -0.15) is 22.9 Å². The van der Waals surface area contributed by atoms with E-state index in [-0.39, 0.29) is 12.0 Å².